The van der Waals surface area contributed by atoms with Crippen molar-refractivity contribution in [1.82, 2.24) is 5.06 Å². The van der Waals surface area contributed by atoms with E-state index in [-0.39, 0.29) is 4.90 Å². The van der Waals surface area contributed by atoms with Crippen LogP contribution in [0.25, 0.3) is 0 Å². The number of benzene rings is 2. The van der Waals surface area contributed by atoms with E-state index in [2.05, 4.69) is 10.2 Å². The van der Waals surface area contributed by atoms with Crippen molar-refractivity contribution < 1.29 is 12.7 Å². The molecule has 6 nitrogen and oxygen atoms in total. The summed E-state index contributed by atoms with van der Waals surface area (Å²) in [7, 11) is -0.790. The van der Waals surface area contributed by atoms with Crippen LogP contribution in [0.3, 0.4) is 0 Å². The lowest BCUT2D eigenvalue weighted by Gasteiger charge is -2.10. The van der Waals surface area contributed by atoms with Crippen LogP contribution in [0.1, 0.15) is 0 Å². The Labute approximate surface area is 123 Å². The third kappa shape index (κ3) is 4.45. The van der Waals surface area contributed by atoms with Crippen molar-refractivity contribution in [2.75, 3.05) is 14.1 Å². The lowest BCUT2D eigenvalue weighted by molar-refractivity contribution is 0.00515. The summed E-state index contributed by atoms with van der Waals surface area (Å²) in [6.07, 6.45) is 0. The normalized spacial score (nSPS) is 12.1. The van der Waals surface area contributed by atoms with Gasteiger partial charge in [0.25, 0.3) is 0 Å². The van der Waals surface area contributed by atoms with Crippen LogP contribution in [0.2, 0.25) is 0 Å². The van der Waals surface area contributed by atoms with Crippen LogP contribution >= 0.6 is 0 Å². The molecule has 0 heterocycles. The Balaban J connectivity index is 2.14. The second-order valence-corrected chi connectivity index (χ2v) is 5.90. The zero-order valence-corrected chi connectivity index (χ0v) is 12.5. The van der Waals surface area contributed by atoms with E-state index in [9.17, 15) is 8.42 Å². The topological polar surface area (TPSA) is 71.3 Å². The molecule has 0 saturated heterocycles. The van der Waals surface area contributed by atoms with Crippen molar-refractivity contribution in [1.29, 1.82) is 0 Å². The van der Waals surface area contributed by atoms with Gasteiger partial charge in [-0.2, -0.15) is 28.0 Å². The van der Waals surface area contributed by atoms with Crippen LogP contribution in [-0.4, -0.2) is 27.6 Å². The summed E-state index contributed by atoms with van der Waals surface area (Å²) in [4.78, 5) is 0.0647. The van der Waals surface area contributed by atoms with Gasteiger partial charge in [0.05, 0.1) is 16.3 Å². The lowest BCUT2D eigenvalue weighted by Crippen LogP contribution is -2.18. The van der Waals surface area contributed by atoms with Crippen LogP contribution in [0.15, 0.2) is 69.7 Å². The fourth-order valence-electron chi connectivity index (χ4n) is 1.53. The van der Waals surface area contributed by atoms with E-state index in [0.717, 1.165) is 10.8 Å². The van der Waals surface area contributed by atoms with Crippen LogP contribution in [-0.2, 0) is 14.4 Å². The van der Waals surface area contributed by atoms with Gasteiger partial charge in [-0.3, -0.25) is 0 Å². The van der Waals surface area contributed by atoms with Gasteiger partial charge in [0.1, 0.15) is 0 Å². The van der Waals surface area contributed by atoms with Crippen molar-refractivity contribution in [2.24, 2.45) is 10.2 Å². The second-order valence-electron chi connectivity index (χ2n) is 4.37. The van der Waals surface area contributed by atoms with Gasteiger partial charge < -0.3 is 0 Å². The zero-order chi connectivity index (χ0) is 15.3. The van der Waals surface area contributed by atoms with Crippen molar-refractivity contribution in [2.45, 2.75) is 4.90 Å². The standard InChI is InChI=1S/C14H15N3O3S/c1-17(2)20-21(18,19)14-10-8-13(9-11-14)16-15-12-6-4-3-5-7-12/h3-11H,1-2H3/b16-15+. The van der Waals surface area contributed by atoms with Gasteiger partial charge in [-0.1, -0.05) is 18.2 Å². The molecule has 0 unspecified atom stereocenters. The smallest absolute Gasteiger partial charge is 0.192 e. The fourth-order valence-corrected chi connectivity index (χ4v) is 2.48. The molecule has 0 bridgehead atoms. The van der Waals surface area contributed by atoms with E-state index in [1.54, 1.807) is 12.1 Å². The molecule has 2 aromatic rings. The molecule has 2 rings (SSSR count). The monoisotopic (exact) mass is 305 g/mol. The third-order valence-electron chi connectivity index (χ3n) is 2.41. The van der Waals surface area contributed by atoms with Crippen molar-refractivity contribution in [3.05, 3.63) is 54.6 Å². The van der Waals surface area contributed by atoms with Crippen molar-refractivity contribution in [3.8, 4) is 0 Å². The van der Waals surface area contributed by atoms with Crippen LogP contribution < -0.4 is 0 Å². The molecule has 0 atom stereocenters. The number of hydroxylamine groups is 2. The predicted molar refractivity (Wildman–Crippen MR) is 79.0 cm³/mol. The Morgan fingerprint density at radius 3 is 1.90 bits per heavy atom. The molecule has 0 fully saturated rings. The van der Waals surface area contributed by atoms with E-state index >= 15 is 0 Å². The number of rotatable bonds is 5. The zero-order valence-electron chi connectivity index (χ0n) is 11.7. The Morgan fingerprint density at radius 2 is 1.38 bits per heavy atom. The quantitative estimate of drug-likeness (QED) is 0.628. The number of nitrogens with zero attached hydrogens (tertiary/aromatic N) is 3. The molecule has 110 valence electrons. The van der Waals surface area contributed by atoms with Crippen LogP contribution in [0, 0.1) is 0 Å². The highest BCUT2D eigenvalue weighted by Crippen LogP contribution is 2.21. The van der Waals surface area contributed by atoms with E-state index in [0.29, 0.717) is 5.69 Å². The summed E-state index contributed by atoms with van der Waals surface area (Å²) in [5, 5.41) is 9.22. The van der Waals surface area contributed by atoms with Crippen molar-refractivity contribution in [3.63, 3.8) is 0 Å². The average molecular weight is 305 g/mol. The molecule has 0 spiro atoms. The van der Waals surface area contributed by atoms with Crippen LogP contribution in [0.5, 0.6) is 0 Å². The van der Waals surface area contributed by atoms with Crippen molar-refractivity contribution >= 4 is 21.5 Å². The lowest BCUT2D eigenvalue weighted by atomic mass is 10.3. The molecular formula is C14H15N3O3S. The summed E-state index contributed by atoms with van der Waals surface area (Å²) in [6, 6.07) is 15.3. The molecule has 0 saturated carbocycles. The van der Waals surface area contributed by atoms with Gasteiger partial charge in [0, 0.05) is 14.1 Å². The minimum atomic E-state index is -3.79. The molecule has 7 heteroatoms. The first-order valence-corrected chi connectivity index (χ1v) is 7.57. The first kappa shape index (κ1) is 15.3. The maximum absolute atomic E-state index is 11.8. The Morgan fingerprint density at radius 1 is 0.857 bits per heavy atom. The first-order valence-electron chi connectivity index (χ1n) is 6.16. The number of hydrogen-bond donors (Lipinski definition) is 0. The summed E-state index contributed by atoms with van der Waals surface area (Å²) in [5.41, 5.74) is 1.28. The van der Waals surface area contributed by atoms with Gasteiger partial charge in [-0.05, 0) is 36.4 Å². The molecule has 0 aliphatic rings. The highest BCUT2D eigenvalue weighted by Gasteiger charge is 2.16. The van der Waals surface area contributed by atoms with Gasteiger partial charge >= 0.3 is 10.1 Å². The molecule has 0 amide bonds. The summed E-state index contributed by atoms with van der Waals surface area (Å²) >= 11 is 0. The summed E-state index contributed by atoms with van der Waals surface area (Å²) in [6.45, 7) is 0. The number of azo groups is 1. The molecule has 2 aromatic carbocycles. The molecule has 0 aromatic heterocycles. The van der Waals surface area contributed by atoms with E-state index in [4.69, 9.17) is 4.28 Å². The van der Waals surface area contributed by atoms with Gasteiger partial charge in [0.2, 0.25) is 0 Å². The van der Waals surface area contributed by atoms with E-state index < -0.39 is 10.1 Å². The van der Waals surface area contributed by atoms with E-state index in [1.165, 1.54) is 26.2 Å². The minimum Gasteiger partial charge on any atom is -0.192 e. The fraction of sp³-hybridized carbons (Fsp3) is 0.143. The maximum atomic E-state index is 11.8. The SMILES string of the molecule is CN(C)OS(=O)(=O)c1ccc(/N=N/c2ccccc2)cc1. The highest BCUT2D eigenvalue weighted by molar-refractivity contribution is 7.86. The average Bonchev–Trinajstić information content (AvgIpc) is 2.45. The van der Waals surface area contributed by atoms with E-state index in [1.807, 2.05) is 30.3 Å². The van der Waals surface area contributed by atoms with Gasteiger partial charge in [-0.15, -0.1) is 0 Å². The largest absolute Gasteiger partial charge is 0.313 e. The second kappa shape index (κ2) is 6.57. The van der Waals surface area contributed by atoms with Gasteiger partial charge in [-0.25, -0.2) is 0 Å². The third-order valence-corrected chi connectivity index (χ3v) is 3.75. The molecule has 0 radical (unpaired) electrons. The molecular weight excluding hydrogens is 290 g/mol. The van der Waals surface area contributed by atoms with Crippen LogP contribution in [0.4, 0.5) is 11.4 Å². The Bertz CT molecular complexity index is 711. The first-order chi connectivity index (χ1) is 9.97. The maximum Gasteiger partial charge on any atom is 0.313 e. The molecule has 21 heavy (non-hydrogen) atoms. The molecule has 0 aliphatic carbocycles. The highest BCUT2D eigenvalue weighted by atomic mass is 32.2. The summed E-state index contributed by atoms with van der Waals surface area (Å²) in [5.74, 6) is 0. The van der Waals surface area contributed by atoms with Gasteiger partial charge in [0.15, 0.2) is 0 Å². The molecule has 0 N–H and O–H groups in total. The minimum absolute atomic E-state index is 0.0647. The number of hydrogen-bond acceptors (Lipinski definition) is 6. The Kier molecular flexibility index (Phi) is 4.79. The molecule has 0 aliphatic heterocycles. The summed E-state index contributed by atoms with van der Waals surface area (Å²) < 4.78 is 28.4. The predicted octanol–water partition coefficient (Wildman–Crippen LogP) is 3.28. The Hall–Kier alpha value is -2.09.